The van der Waals surface area contributed by atoms with Crippen LogP contribution < -0.4 is 0 Å². The molecule has 106 valence electrons. The van der Waals surface area contributed by atoms with Gasteiger partial charge in [0.15, 0.2) is 0 Å². The number of likely N-dealkylation sites (N-methyl/N-ethyl adjacent to an activating group) is 1. The molecule has 0 saturated heterocycles. The Balaban J connectivity index is 3.02. The van der Waals surface area contributed by atoms with Gasteiger partial charge in [0, 0.05) is 18.2 Å². The summed E-state index contributed by atoms with van der Waals surface area (Å²) >= 11 is 0. The first-order valence-electron chi connectivity index (χ1n) is 6.03. The third-order valence-electron chi connectivity index (χ3n) is 2.81. The van der Waals surface area contributed by atoms with E-state index in [0.717, 1.165) is 5.56 Å². The first-order chi connectivity index (χ1) is 9.51. The van der Waals surface area contributed by atoms with E-state index in [1.54, 1.807) is 25.1 Å². The first kappa shape index (κ1) is 15.7. The molecule has 0 fully saturated rings. The van der Waals surface area contributed by atoms with Gasteiger partial charge in [0.05, 0.1) is 7.11 Å². The summed E-state index contributed by atoms with van der Waals surface area (Å²) in [5.41, 5.74) is 1.87. The molecule has 5 nitrogen and oxygen atoms in total. The number of rotatable bonds is 3. The lowest BCUT2D eigenvalue weighted by atomic mass is 10.0. The number of aliphatic hydroxyl groups excluding tert-OH is 1. The Morgan fingerprint density at radius 2 is 2.10 bits per heavy atom. The topological polar surface area (TPSA) is 66.8 Å². The van der Waals surface area contributed by atoms with E-state index in [-0.39, 0.29) is 19.1 Å². The average molecular weight is 275 g/mol. The van der Waals surface area contributed by atoms with Gasteiger partial charge in [-0.3, -0.25) is 9.59 Å². The normalized spacial score (nSPS) is 9.40. The molecule has 1 amide bonds. The van der Waals surface area contributed by atoms with E-state index in [9.17, 15) is 9.59 Å². The molecule has 1 aromatic carbocycles. The Morgan fingerprint density at radius 1 is 1.40 bits per heavy atom. The van der Waals surface area contributed by atoms with E-state index in [1.165, 1.54) is 19.1 Å². The van der Waals surface area contributed by atoms with Gasteiger partial charge in [-0.1, -0.05) is 17.9 Å². The van der Waals surface area contributed by atoms with Crippen molar-refractivity contribution in [2.75, 3.05) is 27.3 Å². The van der Waals surface area contributed by atoms with E-state index < -0.39 is 5.97 Å². The second-order valence-electron chi connectivity index (χ2n) is 4.18. The second-order valence-corrected chi connectivity index (χ2v) is 4.18. The minimum absolute atomic E-state index is 0.110. The Morgan fingerprint density at radius 3 is 2.70 bits per heavy atom. The number of hydrogen-bond acceptors (Lipinski definition) is 4. The highest BCUT2D eigenvalue weighted by molar-refractivity contribution is 5.97. The lowest BCUT2D eigenvalue weighted by molar-refractivity contribution is -0.141. The van der Waals surface area contributed by atoms with Crippen LogP contribution in [0.25, 0.3) is 0 Å². The van der Waals surface area contributed by atoms with Crippen molar-refractivity contribution in [1.29, 1.82) is 0 Å². The predicted octanol–water partition coefficient (Wildman–Crippen LogP) is 0.584. The molecule has 0 unspecified atom stereocenters. The van der Waals surface area contributed by atoms with Crippen molar-refractivity contribution in [3.63, 3.8) is 0 Å². The van der Waals surface area contributed by atoms with Crippen molar-refractivity contribution < 1.29 is 19.4 Å². The van der Waals surface area contributed by atoms with Crippen LogP contribution in [0.4, 0.5) is 0 Å². The fourth-order valence-electron chi connectivity index (χ4n) is 1.67. The van der Waals surface area contributed by atoms with Gasteiger partial charge in [0.1, 0.15) is 13.2 Å². The van der Waals surface area contributed by atoms with E-state index in [1.807, 2.05) is 0 Å². The molecule has 0 heterocycles. The summed E-state index contributed by atoms with van der Waals surface area (Å²) in [5, 5.41) is 8.71. The largest absolute Gasteiger partial charge is 0.468 e. The summed E-state index contributed by atoms with van der Waals surface area (Å²) < 4.78 is 4.53. The highest BCUT2D eigenvalue weighted by Gasteiger charge is 2.17. The van der Waals surface area contributed by atoms with Gasteiger partial charge >= 0.3 is 5.97 Å². The highest BCUT2D eigenvalue weighted by Crippen LogP contribution is 2.14. The van der Waals surface area contributed by atoms with Gasteiger partial charge in [-0.2, -0.15) is 0 Å². The number of benzene rings is 1. The molecule has 0 aliphatic heterocycles. The van der Waals surface area contributed by atoms with Gasteiger partial charge in [-0.25, -0.2) is 0 Å². The zero-order valence-corrected chi connectivity index (χ0v) is 11.8. The van der Waals surface area contributed by atoms with Crippen molar-refractivity contribution >= 4 is 11.9 Å². The number of hydrogen-bond donors (Lipinski definition) is 1. The summed E-state index contributed by atoms with van der Waals surface area (Å²) in [4.78, 5) is 24.7. The Bertz CT molecular complexity index is 569. The van der Waals surface area contributed by atoms with Gasteiger partial charge < -0.3 is 14.7 Å². The van der Waals surface area contributed by atoms with E-state index in [0.29, 0.717) is 11.1 Å². The Hall–Kier alpha value is -2.32. The third kappa shape index (κ3) is 3.84. The summed E-state index contributed by atoms with van der Waals surface area (Å²) in [6.07, 6.45) is 0. The highest BCUT2D eigenvalue weighted by atomic mass is 16.5. The number of aliphatic hydroxyl groups is 1. The summed E-state index contributed by atoms with van der Waals surface area (Å²) in [5.74, 6) is 4.58. The molecule has 0 spiro atoms. The van der Waals surface area contributed by atoms with Crippen LogP contribution in [0.5, 0.6) is 0 Å². The number of amides is 1. The van der Waals surface area contributed by atoms with Crippen LogP contribution in [0, 0.1) is 18.8 Å². The zero-order chi connectivity index (χ0) is 15.1. The van der Waals surface area contributed by atoms with Gasteiger partial charge in [-0.15, -0.1) is 0 Å². The minimum Gasteiger partial charge on any atom is -0.468 e. The summed E-state index contributed by atoms with van der Waals surface area (Å²) in [6, 6.07) is 5.16. The maximum Gasteiger partial charge on any atom is 0.325 e. The van der Waals surface area contributed by atoms with Crippen LogP contribution in [-0.2, 0) is 9.53 Å². The van der Waals surface area contributed by atoms with E-state index in [4.69, 9.17) is 5.11 Å². The average Bonchev–Trinajstić information content (AvgIpc) is 2.45. The number of ether oxygens (including phenoxy) is 1. The lowest BCUT2D eigenvalue weighted by Gasteiger charge is -2.17. The maximum atomic E-state index is 12.3. The molecule has 0 radical (unpaired) electrons. The Kier molecular flexibility index (Phi) is 5.75. The lowest BCUT2D eigenvalue weighted by Crippen LogP contribution is -2.33. The molecule has 1 N–H and O–H groups in total. The number of carbonyl (C=O) groups is 2. The van der Waals surface area contributed by atoms with Crippen LogP contribution in [0.3, 0.4) is 0 Å². The van der Waals surface area contributed by atoms with Crippen LogP contribution in [0.15, 0.2) is 18.2 Å². The number of nitrogens with zero attached hydrogens (tertiary/aromatic N) is 1. The van der Waals surface area contributed by atoms with Gasteiger partial charge in [0.2, 0.25) is 0 Å². The van der Waals surface area contributed by atoms with Crippen LogP contribution in [-0.4, -0.2) is 49.2 Å². The molecule has 0 aliphatic carbocycles. The standard InChI is InChI=1S/C15H17NO4/c1-11-12(7-5-9-17)6-4-8-13(11)15(19)16(2)10-14(18)20-3/h4,6,8,17H,9-10H2,1-3H3. The summed E-state index contributed by atoms with van der Waals surface area (Å²) in [6.45, 7) is 1.43. The maximum absolute atomic E-state index is 12.3. The van der Waals surface area contributed by atoms with E-state index in [2.05, 4.69) is 16.6 Å². The number of esters is 1. The molecule has 20 heavy (non-hydrogen) atoms. The van der Waals surface area contributed by atoms with Crippen molar-refractivity contribution in [3.05, 3.63) is 34.9 Å². The van der Waals surface area contributed by atoms with Crippen molar-refractivity contribution in [2.24, 2.45) is 0 Å². The molecule has 0 bridgehead atoms. The monoisotopic (exact) mass is 275 g/mol. The minimum atomic E-state index is -0.477. The number of carbonyl (C=O) groups excluding carboxylic acids is 2. The van der Waals surface area contributed by atoms with Crippen LogP contribution >= 0.6 is 0 Å². The van der Waals surface area contributed by atoms with Gasteiger partial charge in [0.25, 0.3) is 5.91 Å². The molecule has 1 aromatic rings. The SMILES string of the molecule is COC(=O)CN(C)C(=O)c1cccc(C#CCO)c1C. The second kappa shape index (κ2) is 7.31. The zero-order valence-electron chi connectivity index (χ0n) is 11.8. The smallest absolute Gasteiger partial charge is 0.325 e. The number of methoxy groups -OCH3 is 1. The van der Waals surface area contributed by atoms with Crippen molar-refractivity contribution in [1.82, 2.24) is 4.90 Å². The van der Waals surface area contributed by atoms with Crippen LogP contribution in [0.1, 0.15) is 21.5 Å². The molecule has 0 atom stereocenters. The Labute approximate surface area is 118 Å². The fourth-order valence-corrected chi connectivity index (χ4v) is 1.67. The summed E-state index contributed by atoms with van der Waals surface area (Å²) in [7, 11) is 2.81. The predicted molar refractivity (Wildman–Crippen MR) is 74.1 cm³/mol. The molecule has 0 saturated carbocycles. The molecule has 5 heteroatoms. The van der Waals surface area contributed by atoms with Crippen molar-refractivity contribution in [2.45, 2.75) is 6.92 Å². The first-order valence-corrected chi connectivity index (χ1v) is 6.03. The van der Waals surface area contributed by atoms with Crippen molar-refractivity contribution in [3.8, 4) is 11.8 Å². The quantitative estimate of drug-likeness (QED) is 0.647. The molecule has 1 rings (SSSR count). The molecule has 0 aromatic heterocycles. The van der Waals surface area contributed by atoms with Crippen LogP contribution in [0.2, 0.25) is 0 Å². The molecular formula is C15H17NO4. The fraction of sp³-hybridized carbons (Fsp3) is 0.333. The van der Waals surface area contributed by atoms with E-state index >= 15 is 0 Å². The third-order valence-corrected chi connectivity index (χ3v) is 2.81. The van der Waals surface area contributed by atoms with Gasteiger partial charge in [-0.05, 0) is 24.6 Å². The molecule has 0 aliphatic rings. The molecular weight excluding hydrogens is 258 g/mol.